The molecular weight excluding hydrogens is 280 g/mol. The zero-order valence-corrected chi connectivity index (χ0v) is 11.6. The van der Waals surface area contributed by atoms with Crippen LogP contribution < -0.4 is 0 Å². The number of fused-ring (bicyclic) bond motifs is 1. The number of thioether (sulfide) groups is 1. The predicted molar refractivity (Wildman–Crippen MR) is 79.4 cm³/mol. The van der Waals surface area contributed by atoms with Crippen LogP contribution in [0.5, 0.6) is 5.88 Å². The first-order valence-electron chi connectivity index (χ1n) is 5.49. The van der Waals surface area contributed by atoms with Crippen molar-refractivity contribution in [2.24, 2.45) is 4.99 Å². The molecule has 0 aliphatic carbocycles. The fourth-order valence-electron chi connectivity index (χ4n) is 2.03. The molecule has 1 aliphatic heterocycles. The summed E-state index contributed by atoms with van der Waals surface area (Å²) >= 11 is 6.72. The van der Waals surface area contributed by atoms with Crippen molar-refractivity contribution in [3.63, 3.8) is 0 Å². The smallest absolute Gasteiger partial charge is 0.230 e. The monoisotopic (exact) mass is 290 g/mol. The van der Waals surface area contributed by atoms with Crippen LogP contribution in [0.1, 0.15) is 5.69 Å². The van der Waals surface area contributed by atoms with Crippen LogP contribution in [-0.4, -0.2) is 31.5 Å². The van der Waals surface area contributed by atoms with Gasteiger partial charge in [-0.1, -0.05) is 18.2 Å². The second kappa shape index (κ2) is 4.36. The summed E-state index contributed by atoms with van der Waals surface area (Å²) in [5.74, 6) is 0.0564. The second-order valence-corrected chi connectivity index (χ2v) is 5.07. The minimum atomic E-state index is 0.0200. The molecule has 96 valence electrons. The van der Waals surface area contributed by atoms with Gasteiger partial charge < -0.3 is 5.11 Å². The summed E-state index contributed by atoms with van der Waals surface area (Å²) in [5.41, 5.74) is 1.26. The molecule has 2 aromatic rings. The molecule has 5 nitrogen and oxygen atoms in total. The Morgan fingerprint density at radius 2 is 1.95 bits per heavy atom. The highest BCUT2D eigenvalue weighted by atomic mass is 32.2. The van der Waals surface area contributed by atoms with Crippen molar-refractivity contribution in [3.8, 4) is 11.6 Å². The number of para-hydroxylation sites is 1. The van der Waals surface area contributed by atoms with Gasteiger partial charge in [-0.05, 0) is 30.6 Å². The number of benzene rings is 1. The Kier molecular flexibility index (Phi) is 2.79. The number of imidazole rings is 1. The zero-order valence-electron chi connectivity index (χ0n) is 9.99. The van der Waals surface area contributed by atoms with Crippen LogP contribution >= 0.6 is 24.0 Å². The molecule has 0 amide bonds. The standard InChI is InChI=1S/C12H10N4OS2/c1-19-9-8-10(17)15(7-5-3-2-4-6-7)12(18)16(8)11(13)14-9/h2-6,13,17H,1H3. The van der Waals surface area contributed by atoms with E-state index in [1.165, 1.54) is 16.3 Å². The van der Waals surface area contributed by atoms with Gasteiger partial charge in [0.15, 0.2) is 4.77 Å². The van der Waals surface area contributed by atoms with Gasteiger partial charge in [0.1, 0.15) is 10.7 Å². The lowest BCUT2D eigenvalue weighted by molar-refractivity contribution is 0.441. The highest BCUT2D eigenvalue weighted by molar-refractivity contribution is 8.13. The minimum Gasteiger partial charge on any atom is -0.493 e. The molecule has 0 unspecified atom stereocenters. The van der Waals surface area contributed by atoms with Gasteiger partial charge in [0, 0.05) is 0 Å². The summed E-state index contributed by atoms with van der Waals surface area (Å²) in [5, 5.41) is 18.8. The highest BCUT2D eigenvalue weighted by Gasteiger charge is 2.29. The number of hydrogen-bond acceptors (Lipinski definition) is 4. The lowest BCUT2D eigenvalue weighted by Crippen LogP contribution is -2.05. The molecule has 0 saturated heterocycles. The van der Waals surface area contributed by atoms with E-state index >= 15 is 0 Å². The van der Waals surface area contributed by atoms with Crippen LogP contribution in [-0.2, 0) is 0 Å². The van der Waals surface area contributed by atoms with Gasteiger partial charge in [0.2, 0.25) is 11.8 Å². The summed E-state index contributed by atoms with van der Waals surface area (Å²) in [6.07, 6.45) is 1.85. The van der Waals surface area contributed by atoms with Gasteiger partial charge in [-0.25, -0.2) is 9.56 Å². The molecule has 0 spiro atoms. The SMILES string of the molecule is CSC1=NC(=N)n2c1c(O)n(-c1ccccc1)c2=S. The summed E-state index contributed by atoms with van der Waals surface area (Å²) < 4.78 is 3.37. The van der Waals surface area contributed by atoms with E-state index in [2.05, 4.69) is 4.99 Å². The third kappa shape index (κ3) is 1.66. The first-order valence-corrected chi connectivity index (χ1v) is 7.12. The maximum absolute atomic E-state index is 10.4. The molecule has 1 aromatic heterocycles. The molecule has 2 heterocycles. The van der Waals surface area contributed by atoms with E-state index in [9.17, 15) is 5.11 Å². The van der Waals surface area contributed by atoms with Crippen molar-refractivity contribution < 1.29 is 5.11 Å². The Balaban J connectivity index is 2.33. The molecule has 1 aromatic carbocycles. The molecule has 2 N–H and O–H groups in total. The van der Waals surface area contributed by atoms with Gasteiger partial charge in [-0.2, -0.15) is 0 Å². The van der Waals surface area contributed by atoms with Crippen molar-refractivity contribution in [3.05, 3.63) is 40.8 Å². The second-order valence-electron chi connectivity index (χ2n) is 3.91. The first-order chi connectivity index (χ1) is 9.15. The van der Waals surface area contributed by atoms with Crippen LogP contribution in [0.3, 0.4) is 0 Å². The van der Waals surface area contributed by atoms with E-state index < -0.39 is 0 Å². The Hall–Kier alpha value is -1.86. The number of hydrogen-bond donors (Lipinski definition) is 2. The Morgan fingerprint density at radius 1 is 1.26 bits per heavy atom. The number of rotatable bonds is 1. The molecule has 0 fully saturated rings. The van der Waals surface area contributed by atoms with Gasteiger partial charge in [0.25, 0.3) is 0 Å². The maximum Gasteiger partial charge on any atom is 0.230 e. The lowest BCUT2D eigenvalue weighted by atomic mass is 10.3. The van der Waals surface area contributed by atoms with Crippen molar-refractivity contribution in [2.45, 2.75) is 0 Å². The summed E-state index contributed by atoms with van der Waals surface area (Å²) in [7, 11) is 0. The molecule has 0 atom stereocenters. The van der Waals surface area contributed by atoms with E-state index in [-0.39, 0.29) is 11.8 Å². The van der Waals surface area contributed by atoms with Crippen molar-refractivity contribution >= 4 is 35.0 Å². The predicted octanol–water partition coefficient (Wildman–Crippen LogP) is 2.62. The molecule has 0 radical (unpaired) electrons. The van der Waals surface area contributed by atoms with Gasteiger partial charge >= 0.3 is 0 Å². The molecule has 7 heteroatoms. The fourth-order valence-corrected chi connectivity index (χ4v) is 2.95. The quantitative estimate of drug-likeness (QED) is 0.793. The molecular formula is C12H10N4OS2. The van der Waals surface area contributed by atoms with Crippen LogP contribution in [0.25, 0.3) is 5.69 Å². The van der Waals surface area contributed by atoms with E-state index in [1.54, 1.807) is 4.57 Å². The lowest BCUT2D eigenvalue weighted by Gasteiger charge is -2.04. The first kappa shape index (κ1) is 12.2. The summed E-state index contributed by atoms with van der Waals surface area (Å²) in [4.78, 5) is 4.08. The van der Waals surface area contributed by atoms with Crippen LogP contribution in [0.15, 0.2) is 35.3 Å². The largest absolute Gasteiger partial charge is 0.493 e. The number of aromatic hydroxyl groups is 1. The van der Waals surface area contributed by atoms with E-state index in [4.69, 9.17) is 17.6 Å². The molecule has 0 saturated carbocycles. The third-order valence-corrected chi connectivity index (χ3v) is 3.90. The van der Waals surface area contributed by atoms with Crippen LogP contribution in [0.2, 0.25) is 0 Å². The number of nitrogens with one attached hydrogen (secondary N) is 1. The zero-order chi connectivity index (χ0) is 13.6. The van der Waals surface area contributed by atoms with Gasteiger partial charge in [-0.15, -0.1) is 11.8 Å². The van der Waals surface area contributed by atoms with Crippen LogP contribution in [0, 0.1) is 10.2 Å². The Labute approximate surface area is 118 Å². The molecule has 1 aliphatic rings. The minimum absolute atomic E-state index is 0.0200. The van der Waals surface area contributed by atoms with Gasteiger partial charge in [-0.3, -0.25) is 9.98 Å². The van der Waals surface area contributed by atoms with Gasteiger partial charge in [0.05, 0.1) is 5.69 Å². The third-order valence-electron chi connectivity index (χ3n) is 2.86. The van der Waals surface area contributed by atoms with E-state index in [0.29, 0.717) is 15.5 Å². The fraction of sp³-hybridized carbons (Fsp3) is 0.0833. The number of aliphatic imine (C=N–C) groups is 1. The normalized spacial score (nSPS) is 13.5. The summed E-state index contributed by atoms with van der Waals surface area (Å²) in [6.45, 7) is 0. The average Bonchev–Trinajstić information content (AvgIpc) is 2.88. The Bertz CT molecular complexity index is 758. The van der Waals surface area contributed by atoms with Crippen LogP contribution in [0.4, 0.5) is 0 Å². The van der Waals surface area contributed by atoms with Crippen molar-refractivity contribution in [2.75, 3.05) is 6.26 Å². The topological polar surface area (TPSA) is 66.3 Å². The average molecular weight is 290 g/mol. The van der Waals surface area contributed by atoms with E-state index in [1.807, 2.05) is 36.6 Å². The molecule has 3 rings (SSSR count). The Morgan fingerprint density at radius 3 is 2.58 bits per heavy atom. The number of aromatic nitrogens is 2. The molecule has 0 bridgehead atoms. The highest BCUT2D eigenvalue weighted by Crippen LogP contribution is 2.31. The number of nitrogens with zero attached hydrogens (tertiary/aromatic N) is 3. The molecule has 19 heavy (non-hydrogen) atoms. The summed E-state index contributed by atoms with van der Waals surface area (Å²) in [6, 6.07) is 9.34. The maximum atomic E-state index is 10.4. The van der Waals surface area contributed by atoms with E-state index in [0.717, 1.165) is 5.69 Å². The van der Waals surface area contributed by atoms with Crippen molar-refractivity contribution in [1.29, 1.82) is 5.41 Å². The van der Waals surface area contributed by atoms with Crippen molar-refractivity contribution in [1.82, 2.24) is 9.13 Å².